The summed E-state index contributed by atoms with van der Waals surface area (Å²) in [6.45, 7) is 2.11. The van der Waals surface area contributed by atoms with Crippen LogP contribution < -0.4 is 10.6 Å². The smallest absolute Gasteiger partial charge is 0.313 e. The van der Waals surface area contributed by atoms with E-state index in [1.807, 2.05) is 0 Å². The Balaban J connectivity index is 1.73. The van der Waals surface area contributed by atoms with Gasteiger partial charge in [-0.25, -0.2) is 0 Å². The minimum Gasteiger partial charge on any atom is -0.507 e. The van der Waals surface area contributed by atoms with Crippen LogP contribution in [0.25, 0.3) is 10.8 Å². The summed E-state index contributed by atoms with van der Waals surface area (Å²) in [5, 5.41) is 16.7. The minimum absolute atomic E-state index is 0.0635. The van der Waals surface area contributed by atoms with Crippen molar-refractivity contribution in [3.63, 3.8) is 0 Å². The Morgan fingerprint density at radius 2 is 1.71 bits per heavy atom. The number of amides is 2. The molecule has 2 amide bonds. The van der Waals surface area contributed by atoms with E-state index in [9.17, 15) is 14.7 Å². The number of rotatable bonds is 2. The van der Waals surface area contributed by atoms with Crippen molar-refractivity contribution in [2.24, 2.45) is 5.92 Å². The third-order valence-electron chi connectivity index (χ3n) is 4.78. The highest BCUT2D eigenvalue weighted by molar-refractivity contribution is 6.40. The van der Waals surface area contributed by atoms with Gasteiger partial charge in [0.25, 0.3) is 0 Å². The first-order valence-corrected chi connectivity index (χ1v) is 8.39. The zero-order chi connectivity index (χ0) is 17.1. The lowest BCUT2D eigenvalue weighted by molar-refractivity contribution is -0.137. The Hall–Kier alpha value is -2.56. The van der Waals surface area contributed by atoms with Crippen molar-refractivity contribution in [2.45, 2.75) is 38.6 Å². The van der Waals surface area contributed by atoms with E-state index in [1.54, 1.807) is 36.4 Å². The lowest BCUT2D eigenvalue weighted by Crippen LogP contribution is -2.45. The van der Waals surface area contributed by atoms with Gasteiger partial charge in [0.05, 0.1) is 0 Å². The Morgan fingerprint density at radius 1 is 1.00 bits per heavy atom. The summed E-state index contributed by atoms with van der Waals surface area (Å²) in [5.74, 6) is -0.747. The summed E-state index contributed by atoms with van der Waals surface area (Å²) in [5.41, 5.74) is 0.514. The maximum absolute atomic E-state index is 12.2. The van der Waals surface area contributed by atoms with Crippen molar-refractivity contribution < 1.29 is 14.7 Å². The summed E-state index contributed by atoms with van der Waals surface area (Å²) in [6.07, 6.45) is 4.26. The topological polar surface area (TPSA) is 78.4 Å². The fraction of sp³-hybridized carbons (Fsp3) is 0.368. The number of anilines is 1. The predicted molar refractivity (Wildman–Crippen MR) is 93.8 cm³/mol. The summed E-state index contributed by atoms with van der Waals surface area (Å²) in [6, 6.07) is 10.4. The largest absolute Gasteiger partial charge is 0.507 e. The molecule has 0 aliphatic heterocycles. The van der Waals surface area contributed by atoms with Crippen molar-refractivity contribution in [1.82, 2.24) is 5.32 Å². The van der Waals surface area contributed by atoms with Crippen LogP contribution in [0.5, 0.6) is 5.75 Å². The molecule has 1 fully saturated rings. The first kappa shape index (κ1) is 16.3. The van der Waals surface area contributed by atoms with Crippen LogP contribution >= 0.6 is 0 Å². The van der Waals surface area contributed by atoms with E-state index < -0.39 is 11.8 Å². The average Bonchev–Trinajstić information content (AvgIpc) is 2.58. The molecule has 0 heterocycles. The van der Waals surface area contributed by atoms with E-state index in [2.05, 4.69) is 17.6 Å². The molecule has 0 saturated heterocycles. The van der Waals surface area contributed by atoms with Crippen molar-refractivity contribution in [1.29, 1.82) is 0 Å². The Bertz CT molecular complexity index is 772. The number of hydrogen-bond acceptors (Lipinski definition) is 3. The number of carbonyl (C=O) groups is 2. The molecule has 24 heavy (non-hydrogen) atoms. The fourth-order valence-corrected chi connectivity index (χ4v) is 3.35. The molecule has 5 heteroatoms. The second-order valence-electron chi connectivity index (χ2n) is 6.47. The lowest BCUT2D eigenvalue weighted by atomic mass is 9.86. The van der Waals surface area contributed by atoms with Crippen molar-refractivity contribution in [3.05, 3.63) is 36.4 Å². The molecule has 5 nitrogen and oxygen atoms in total. The summed E-state index contributed by atoms with van der Waals surface area (Å²) >= 11 is 0. The van der Waals surface area contributed by atoms with Crippen molar-refractivity contribution >= 4 is 28.3 Å². The number of nitrogens with one attached hydrogen (secondary N) is 2. The molecule has 126 valence electrons. The SMILES string of the molecule is CC1CCCCC1NC(=O)C(=O)Nc1cccc2c(O)cccc12. The Morgan fingerprint density at radius 3 is 2.50 bits per heavy atom. The molecule has 0 aromatic heterocycles. The number of carbonyl (C=O) groups excluding carboxylic acids is 2. The van der Waals surface area contributed by atoms with Gasteiger partial charge in [-0.2, -0.15) is 0 Å². The zero-order valence-corrected chi connectivity index (χ0v) is 13.7. The number of phenols is 1. The number of aromatic hydroxyl groups is 1. The minimum atomic E-state index is -0.677. The van der Waals surface area contributed by atoms with Gasteiger partial charge in [0.1, 0.15) is 5.75 Å². The third-order valence-corrected chi connectivity index (χ3v) is 4.78. The first-order valence-electron chi connectivity index (χ1n) is 8.39. The number of benzene rings is 2. The molecule has 2 unspecified atom stereocenters. The van der Waals surface area contributed by atoms with Crippen LogP contribution in [-0.4, -0.2) is 23.0 Å². The van der Waals surface area contributed by atoms with Crippen LogP contribution in [0.3, 0.4) is 0 Å². The highest BCUT2D eigenvalue weighted by Gasteiger charge is 2.25. The van der Waals surface area contributed by atoms with Crippen molar-refractivity contribution in [3.8, 4) is 5.75 Å². The van der Waals surface area contributed by atoms with Gasteiger partial charge in [0, 0.05) is 22.5 Å². The molecule has 2 aromatic carbocycles. The van der Waals surface area contributed by atoms with Gasteiger partial charge in [-0.05, 0) is 30.9 Å². The van der Waals surface area contributed by atoms with Gasteiger partial charge >= 0.3 is 11.8 Å². The zero-order valence-electron chi connectivity index (χ0n) is 13.7. The van der Waals surface area contributed by atoms with Crippen LogP contribution in [0.1, 0.15) is 32.6 Å². The Labute approximate surface area is 141 Å². The molecule has 1 aliphatic carbocycles. The standard InChI is InChI=1S/C19H22N2O3/c1-12-6-2-3-9-15(12)20-18(23)19(24)21-16-10-4-8-14-13(16)7-5-11-17(14)22/h4-5,7-8,10-12,15,22H,2-3,6,9H2,1H3,(H,20,23)(H,21,24). The molecule has 3 rings (SSSR count). The second-order valence-corrected chi connectivity index (χ2v) is 6.47. The average molecular weight is 326 g/mol. The molecule has 0 bridgehead atoms. The quantitative estimate of drug-likeness (QED) is 0.742. The van der Waals surface area contributed by atoms with Gasteiger partial charge in [-0.1, -0.05) is 44.0 Å². The number of phenolic OH excluding ortho intramolecular Hbond substituents is 1. The van der Waals surface area contributed by atoms with E-state index in [0.29, 0.717) is 22.4 Å². The normalized spacial score (nSPS) is 20.5. The predicted octanol–water partition coefficient (Wildman–Crippen LogP) is 3.18. The van der Waals surface area contributed by atoms with Crippen LogP contribution in [0.2, 0.25) is 0 Å². The van der Waals surface area contributed by atoms with Crippen LogP contribution in [0.4, 0.5) is 5.69 Å². The molecule has 2 atom stereocenters. The van der Waals surface area contributed by atoms with Gasteiger partial charge in [-0.15, -0.1) is 0 Å². The van der Waals surface area contributed by atoms with Gasteiger partial charge in [0.2, 0.25) is 0 Å². The first-order chi connectivity index (χ1) is 11.6. The van der Waals surface area contributed by atoms with E-state index in [1.165, 1.54) is 6.42 Å². The molecule has 0 spiro atoms. The molecule has 1 aliphatic rings. The maximum atomic E-state index is 12.2. The van der Waals surface area contributed by atoms with Crippen LogP contribution in [-0.2, 0) is 9.59 Å². The summed E-state index contributed by atoms with van der Waals surface area (Å²) in [4.78, 5) is 24.4. The molecular formula is C19H22N2O3. The van der Waals surface area contributed by atoms with E-state index in [4.69, 9.17) is 0 Å². The van der Waals surface area contributed by atoms with Gasteiger partial charge in [0.15, 0.2) is 0 Å². The monoisotopic (exact) mass is 326 g/mol. The summed E-state index contributed by atoms with van der Waals surface area (Å²) < 4.78 is 0. The van der Waals surface area contributed by atoms with Crippen LogP contribution in [0.15, 0.2) is 36.4 Å². The second kappa shape index (κ2) is 6.91. The molecule has 3 N–H and O–H groups in total. The van der Waals surface area contributed by atoms with E-state index >= 15 is 0 Å². The van der Waals surface area contributed by atoms with Crippen LogP contribution in [0, 0.1) is 5.92 Å². The molecule has 2 aromatic rings. The number of fused-ring (bicyclic) bond motifs is 1. The highest BCUT2D eigenvalue weighted by Crippen LogP contribution is 2.29. The number of hydrogen-bond donors (Lipinski definition) is 3. The van der Waals surface area contributed by atoms with E-state index in [0.717, 1.165) is 19.3 Å². The van der Waals surface area contributed by atoms with Crippen molar-refractivity contribution in [2.75, 3.05) is 5.32 Å². The molecule has 0 radical (unpaired) electrons. The summed E-state index contributed by atoms with van der Waals surface area (Å²) in [7, 11) is 0. The fourth-order valence-electron chi connectivity index (χ4n) is 3.35. The Kier molecular flexibility index (Phi) is 4.69. The highest BCUT2D eigenvalue weighted by atomic mass is 16.3. The maximum Gasteiger partial charge on any atom is 0.313 e. The van der Waals surface area contributed by atoms with Gasteiger partial charge in [-0.3, -0.25) is 9.59 Å². The lowest BCUT2D eigenvalue weighted by Gasteiger charge is -2.29. The van der Waals surface area contributed by atoms with Gasteiger partial charge < -0.3 is 15.7 Å². The molecule has 1 saturated carbocycles. The molecular weight excluding hydrogens is 304 g/mol. The van der Waals surface area contributed by atoms with E-state index in [-0.39, 0.29) is 11.8 Å². The third kappa shape index (κ3) is 3.35.